The molecule has 0 radical (unpaired) electrons. The summed E-state index contributed by atoms with van der Waals surface area (Å²) in [5, 5.41) is 19.3. The summed E-state index contributed by atoms with van der Waals surface area (Å²) in [6, 6.07) is 5.68. The summed E-state index contributed by atoms with van der Waals surface area (Å²) in [7, 11) is 0. The van der Waals surface area contributed by atoms with Crippen LogP contribution in [-0.2, 0) is 0 Å². The first kappa shape index (κ1) is 7.39. The van der Waals surface area contributed by atoms with Gasteiger partial charge in [-0.05, 0) is 30.4 Å². The molecule has 68 valence electrons. The minimum atomic E-state index is -0.231. The fraction of sp³-hybridized carbons (Fsp3) is 0.455. The van der Waals surface area contributed by atoms with Gasteiger partial charge in [-0.3, -0.25) is 0 Å². The van der Waals surface area contributed by atoms with E-state index in [2.05, 4.69) is 6.07 Å². The normalized spacial score (nSPS) is 35.0. The summed E-state index contributed by atoms with van der Waals surface area (Å²) in [5.41, 5.74) is 2.27. The second-order valence-corrected chi connectivity index (χ2v) is 4.12. The first-order valence-corrected chi connectivity index (χ1v) is 4.77. The molecule has 0 amide bonds. The number of hydrogen-bond donors (Lipinski definition) is 2. The highest BCUT2D eigenvalue weighted by molar-refractivity contribution is 5.50. The van der Waals surface area contributed by atoms with E-state index in [1.54, 1.807) is 6.07 Å². The molecule has 13 heavy (non-hydrogen) atoms. The van der Waals surface area contributed by atoms with Crippen LogP contribution in [0.5, 0.6) is 5.75 Å². The molecule has 0 spiro atoms. The van der Waals surface area contributed by atoms with E-state index in [4.69, 9.17) is 0 Å². The van der Waals surface area contributed by atoms with Crippen LogP contribution in [0.4, 0.5) is 0 Å². The van der Waals surface area contributed by atoms with Gasteiger partial charge in [0.1, 0.15) is 5.75 Å². The second kappa shape index (κ2) is 2.26. The number of rotatable bonds is 0. The third-order valence-corrected chi connectivity index (χ3v) is 3.46. The van der Waals surface area contributed by atoms with E-state index in [1.165, 1.54) is 5.56 Å². The Morgan fingerprint density at radius 2 is 2.08 bits per heavy atom. The van der Waals surface area contributed by atoms with Gasteiger partial charge in [0.2, 0.25) is 0 Å². The van der Waals surface area contributed by atoms with Crippen molar-refractivity contribution >= 4 is 0 Å². The largest absolute Gasteiger partial charge is 0.508 e. The highest BCUT2D eigenvalue weighted by Gasteiger charge is 2.44. The van der Waals surface area contributed by atoms with Crippen molar-refractivity contribution in [2.45, 2.75) is 30.8 Å². The molecule has 1 aromatic rings. The van der Waals surface area contributed by atoms with Gasteiger partial charge in [0, 0.05) is 11.5 Å². The quantitative estimate of drug-likeness (QED) is 0.632. The van der Waals surface area contributed by atoms with Crippen LogP contribution in [0, 0.1) is 0 Å². The number of benzene rings is 1. The van der Waals surface area contributed by atoms with Crippen LogP contribution in [-0.4, -0.2) is 16.3 Å². The van der Waals surface area contributed by atoms with Gasteiger partial charge in [-0.25, -0.2) is 0 Å². The molecule has 2 nitrogen and oxygen atoms in total. The maximum atomic E-state index is 9.68. The number of aliphatic hydroxyl groups is 1. The van der Waals surface area contributed by atoms with Crippen molar-refractivity contribution in [1.29, 1.82) is 0 Å². The van der Waals surface area contributed by atoms with E-state index in [1.807, 2.05) is 6.07 Å². The smallest absolute Gasteiger partial charge is 0.119 e. The van der Waals surface area contributed by atoms with Crippen molar-refractivity contribution in [2.75, 3.05) is 0 Å². The number of aliphatic hydroxyl groups excluding tert-OH is 1. The van der Waals surface area contributed by atoms with Gasteiger partial charge in [0.05, 0.1) is 6.10 Å². The van der Waals surface area contributed by atoms with Gasteiger partial charge in [0.15, 0.2) is 0 Å². The number of phenolic OH excluding ortho intramolecular Hbond substituents is 1. The van der Waals surface area contributed by atoms with Gasteiger partial charge in [-0.1, -0.05) is 12.1 Å². The number of aromatic hydroxyl groups is 1. The summed E-state index contributed by atoms with van der Waals surface area (Å²) in [4.78, 5) is 0. The third kappa shape index (κ3) is 0.814. The van der Waals surface area contributed by atoms with Gasteiger partial charge in [0.25, 0.3) is 0 Å². The molecular formula is C11H12O2. The highest BCUT2D eigenvalue weighted by Crippen LogP contribution is 2.55. The Kier molecular flexibility index (Phi) is 1.29. The van der Waals surface area contributed by atoms with Crippen LogP contribution >= 0.6 is 0 Å². The molecule has 0 aromatic heterocycles. The van der Waals surface area contributed by atoms with E-state index < -0.39 is 0 Å². The maximum absolute atomic E-state index is 9.68. The summed E-state index contributed by atoms with van der Waals surface area (Å²) >= 11 is 0. The zero-order valence-corrected chi connectivity index (χ0v) is 7.27. The minimum Gasteiger partial charge on any atom is -0.508 e. The molecular weight excluding hydrogens is 164 g/mol. The molecule has 0 heterocycles. The fourth-order valence-electron chi connectivity index (χ4n) is 2.91. The van der Waals surface area contributed by atoms with Crippen molar-refractivity contribution in [2.24, 2.45) is 0 Å². The number of hydrogen-bond acceptors (Lipinski definition) is 2. The molecule has 3 atom stereocenters. The van der Waals surface area contributed by atoms with Crippen LogP contribution in [0.2, 0.25) is 0 Å². The van der Waals surface area contributed by atoms with Crippen LogP contribution in [0.1, 0.15) is 35.8 Å². The molecule has 3 rings (SSSR count). The monoisotopic (exact) mass is 176 g/mol. The lowest BCUT2D eigenvalue weighted by atomic mass is 9.89. The van der Waals surface area contributed by atoms with E-state index in [9.17, 15) is 10.2 Å². The molecule has 2 bridgehead atoms. The minimum absolute atomic E-state index is 0.196. The lowest BCUT2D eigenvalue weighted by Gasteiger charge is -2.20. The van der Waals surface area contributed by atoms with Gasteiger partial charge >= 0.3 is 0 Å². The van der Waals surface area contributed by atoms with E-state index in [-0.39, 0.29) is 12.0 Å². The standard InChI is InChI=1S/C11H12O2/c12-9-3-1-2-7-6-4-8(11(7)9)10(13)5-6/h1-3,6,8,10,12-13H,4-5H2. The topological polar surface area (TPSA) is 40.5 Å². The highest BCUT2D eigenvalue weighted by atomic mass is 16.3. The lowest BCUT2D eigenvalue weighted by Crippen LogP contribution is -2.15. The van der Waals surface area contributed by atoms with Crippen molar-refractivity contribution in [3.05, 3.63) is 29.3 Å². The molecule has 0 aliphatic heterocycles. The van der Waals surface area contributed by atoms with Crippen molar-refractivity contribution in [3.63, 3.8) is 0 Å². The molecule has 2 heteroatoms. The first-order valence-electron chi connectivity index (χ1n) is 4.77. The summed E-state index contributed by atoms with van der Waals surface area (Å²) in [6.45, 7) is 0. The van der Waals surface area contributed by atoms with E-state index in [0.29, 0.717) is 11.7 Å². The third-order valence-electron chi connectivity index (χ3n) is 3.46. The first-order chi connectivity index (χ1) is 6.27. The molecule has 3 unspecified atom stereocenters. The Labute approximate surface area is 76.8 Å². The molecule has 2 N–H and O–H groups in total. The van der Waals surface area contributed by atoms with Gasteiger partial charge < -0.3 is 10.2 Å². The summed E-state index contributed by atoms with van der Waals surface area (Å²) < 4.78 is 0. The van der Waals surface area contributed by atoms with E-state index >= 15 is 0 Å². The Hall–Kier alpha value is -1.02. The Morgan fingerprint density at radius 1 is 1.23 bits per heavy atom. The Morgan fingerprint density at radius 3 is 2.92 bits per heavy atom. The molecule has 1 saturated carbocycles. The SMILES string of the molecule is Oc1cccc2c1C1CC2CC1O. The summed E-state index contributed by atoms with van der Waals surface area (Å²) in [5.74, 6) is 1.05. The summed E-state index contributed by atoms with van der Waals surface area (Å²) in [6.07, 6.45) is 1.67. The second-order valence-electron chi connectivity index (χ2n) is 4.12. The molecule has 2 aliphatic rings. The lowest BCUT2D eigenvalue weighted by molar-refractivity contribution is 0.157. The predicted molar refractivity (Wildman–Crippen MR) is 48.8 cm³/mol. The predicted octanol–water partition coefficient (Wildman–Crippen LogP) is 1.73. The Balaban J connectivity index is 2.21. The Bertz CT molecular complexity index is 359. The fourth-order valence-corrected chi connectivity index (χ4v) is 2.91. The van der Waals surface area contributed by atoms with Crippen LogP contribution in [0.15, 0.2) is 18.2 Å². The molecule has 1 fully saturated rings. The average molecular weight is 176 g/mol. The number of phenols is 1. The molecule has 0 saturated heterocycles. The van der Waals surface area contributed by atoms with Crippen molar-refractivity contribution < 1.29 is 10.2 Å². The molecule has 1 aromatic carbocycles. The molecule has 2 aliphatic carbocycles. The van der Waals surface area contributed by atoms with Crippen LogP contribution < -0.4 is 0 Å². The van der Waals surface area contributed by atoms with Gasteiger partial charge in [-0.15, -0.1) is 0 Å². The zero-order valence-electron chi connectivity index (χ0n) is 7.27. The van der Waals surface area contributed by atoms with Gasteiger partial charge in [-0.2, -0.15) is 0 Å². The average Bonchev–Trinajstić information content (AvgIpc) is 2.62. The van der Waals surface area contributed by atoms with Crippen LogP contribution in [0.25, 0.3) is 0 Å². The zero-order chi connectivity index (χ0) is 9.00. The number of fused-ring (bicyclic) bond motifs is 5. The van der Waals surface area contributed by atoms with Crippen molar-refractivity contribution in [3.8, 4) is 5.75 Å². The maximum Gasteiger partial charge on any atom is 0.119 e. The van der Waals surface area contributed by atoms with Crippen LogP contribution in [0.3, 0.4) is 0 Å². The van der Waals surface area contributed by atoms with E-state index in [0.717, 1.165) is 18.4 Å². The van der Waals surface area contributed by atoms with Crippen molar-refractivity contribution in [1.82, 2.24) is 0 Å².